The van der Waals surface area contributed by atoms with Gasteiger partial charge in [0.25, 0.3) is 10.6 Å². The molecule has 4 rings (SSSR count). The zero-order chi connectivity index (χ0) is 30.4. The molecule has 16 heteroatoms. The second-order valence-corrected chi connectivity index (χ2v) is 11.6. The summed E-state index contributed by atoms with van der Waals surface area (Å²) < 4.78 is 36.0. The van der Waals surface area contributed by atoms with Crippen molar-refractivity contribution < 1.29 is 28.3 Å². The Morgan fingerprint density at radius 1 is 1.21 bits per heavy atom. The van der Waals surface area contributed by atoms with Crippen LogP contribution in [0.1, 0.15) is 44.0 Å². The number of benzene rings is 1. The van der Waals surface area contributed by atoms with Gasteiger partial charge in [0, 0.05) is 38.3 Å². The van der Waals surface area contributed by atoms with Gasteiger partial charge in [0.2, 0.25) is 10.0 Å². The van der Waals surface area contributed by atoms with E-state index in [9.17, 15) is 28.5 Å². The normalized spacial score (nSPS) is 15.0. The van der Waals surface area contributed by atoms with Crippen LogP contribution in [0, 0.1) is 10.1 Å². The lowest BCUT2D eigenvalue weighted by molar-refractivity contribution is -0.757. The molecule has 1 fully saturated rings. The van der Waals surface area contributed by atoms with Crippen molar-refractivity contribution in [1.82, 2.24) is 23.8 Å². The fourth-order valence-electron chi connectivity index (χ4n) is 5.20. The molecule has 0 spiro atoms. The number of fused-ring (bicyclic) bond motifs is 1. The lowest BCUT2D eigenvalue weighted by Gasteiger charge is -2.33. The van der Waals surface area contributed by atoms with Crippen molar-refractivity contribution in [1.29, 1.82) is 0 Å². The topological polar surface area (TPSA) is 185 Å². The number of aromatic nitrogens is 3. The number of nitrogens with one attached hydrogen (secondary N) is 1. The van der Waals surface area contributed by atoms with Crippen molar-refractivity contribution >= 4 is 21.8 Å². The van der Waals surface area contributed by atoms with Crippen molar-refractivity contribution in [2.24, 2.45) is 5.16 Å². The molecule has 228 valence electrons. The predicted octanol–water partition coefficient (Wildman–Crippen LogP) is 1.93. The van der Waals surface area contributed by atoms with Gasteiger partial charge < -0.3 is 19.8 Å². The van der Waals surface area contributed by atoms with Gasteiger partial charge >= 0.3 is 0 Å². The van der Waals surface area contributed by atoms with Crippen LogP contribution in [-0.4, -0.2) is 94.7 Å². The number of ether oxygens (including phenoxy) is 1. The second kappa shape index (κ2) is 13.3. The molecule has 3 heterocycles. The van der Waals surface area contributed by atoms with Crippen LogP contribution in [0.5, 0.6) is 5.75 Å². The second-order valence-electron chi connectivity index (χ2n) is 9.64. The Kier molecular flexibility index (Phi) is 9.80. The first-order valence-electron chi connectivity index (χ1n) is 13.8. The number of rotatable bonds is 13. The minimum atomic E-state index is -3.93. The number of hydrogen-bond donors (Lipinski definition) is 2. The molecule has 0 amide bonds. The van der Waals surface area contributed by atoms with Crippen LogP contribution in [0.3, 0.4) is 0 Å². The first-order valence-corrected chi connectivity index (χ1v) is 15.2. The minimum Gasteiger partial charge on any atom is -0.493 e. The molecule has 3 aromatic rings. The minimum absolute atomic E-state index is 0.0115. The summed E-state index contributed by atoms with van der Waals surface area (Å²) in [5.41, 5.74) is 2.25. The van der Waals surface area contributed by atoms with Crippen LogP contribution in [0.15, 0.2) is 33.0 Å². The average molecular weight is 606 g/mol. The molecule has 15 nitrogen and oxygen atoms in total. The standard InChI is InChI=1S/C26H35N7O8S/c1-4-7-22-21(17-27-35)19(5-2)24-26(34)28-25(29-32(22)24)20-16-18(8-9-23(20)40-6-3)42(38,39)31-12-10-30(11-13-31)14-15-41-33(36)37/h8-9,16-17,35H,4-7,10-15H2,1-3H3,(H,28,29,34). The fraction of sp³-hybridized carbons (Fsp3) is 0.500. The van der Waals surface area contributed by atoms with E-state index in [2.05, 4.69) is 15.0 Å². The number of H-pyrrole nitrogens is 1. The Balaban J connectivity index is 1.74. The lowest BCUT2D eigenvalue weighted by atomic mass is 10.1. The maximum absolute atomic E-state index is 13.6. The third kappa shape index (κ3) is 6.24. The highest BCUT2D eigenvalue weighted by molar-refractivity contribution is 7.89. The van der Waals surface area contributed by atoms with Gasteiger partial charge in [0.15, 0.2) is 5.82 Å². The molecule has 1 aliphatic heterocycles. The average Bonchev–Trinajstić information content (AvgIpc) is 3.26. The summed E-state index contributed by atoms with van der Waals surface area (Å²) >= 11 is 0. The van der Waals surface area contributed by atoms with Crippen LogP contribution >= 0.6 is 0 Å². The van der Waals surface area contributed by atoms with Crippen molar-refractivity contribution in [2.75, 3.05) is 45.9 Å². The van der Waals surface area contributed by atoms with Gasteiger partial charge in [-0.1, -0.05) is 25.4 Å². The van der Waals surface area contributed by atoms with E-state index in [1.165, 1.54) is 22.7 Å². The van der Waals surface area contributed by atoms with E-state index in [0.29, 0.717) is 72.7 Å². The Hall–Kier alpha value is -4.02. The molecule has 0 saturated carbocycles. The van der Waals surface area contributed by atoms with Crippen molar-refractivity contribution in [3.63, 3.8) is 0 Å². The van der Waals surface area contributed by atoms with Crippen molar-refractivity contribution in [3.05, 3.63) is 55.5 Å². The molecule has 2 N–H and O–H groups in total. The number of aromatic amines is 1. The lowest BCUT2D eigenvalue weighted by Crippen LogP contribution is -2.49. The van der Waals surface area contributed by atoms with Gasteiger partial charge in [0.1, 0.15) is 17.9 Å². The van der Waals surface area contributed by atoms with Crippen LogP contribution in [-0.2, 0) is 27.7 Å². The fourth-order valence-corrected chi connectivity index (χ4v) is 6.65. The maximum atomic E-state index is 13.6. The molecule has 0 bridgehead atoms. The number of piperazine rings is 1. The van der Waals surface area contributed by atoms with E-state index in [1.807, 2.05) is 18.7 Å². The first kappa shape index (κ1) is 30.9. The molecule has 0 radical (unpaired) electrons. The third-order valence-electron chi connectivity index (χ3n) is 7.14. The van der Waals surface area contributed by atoms with Crippen LogP contribution in [0.25, 0.3) is 16.9 Å². The Morgan fingerprint density at radius 3 is 2.57 bits per heavy atom. The van der Waals surface area contributed by atoms with Gasteiger partial charge in [-0.2, -0.15) is 4.31 Å². The Bertz CT molecular complexity index is 1630. The van der Waals surface area contributed by atoms with Crippen molar-refractivity contribution in [2.45, 2.75) is 44.9 Å². The molecule has 1 aliphatic rings. The van der Waals surface area contributed by atoms with Crippen LogP contribution in [0.4, 0.5) is 0 Å². The summed E-state index contributed by atoms with van der Waals surface area (Å²) in [5.74, 6) is 0.484. The van der Waals surface area contributed by atoms with E-state index >= 15 is 0 Å². The molecule has 42 heavy (non-hydrogen) atoms. The summed E-state index contributed by atoms with van der Waals surface area (Å²) in [6.07, 6.45) is 3.13. The first-order chi connectivity index (χ1) is 20.2. The molecular formula is C26H35N7O8S. The van der Waals surface area contributed by atoms with E-state index in [0.717, 1.165) is 6.42 Å². The van der Waals surface area contributed by atoms with Crippen molar-refractivity contribution in [3.8, 4) is 17.1 Å². The smallest absolute Gasteiger partial charge is 0.294 e. The van der Waals surface area contributed by atoms with Gasteiger partial charge in [-0.25, -0.2) is 12.9 Å². The number of nitrogens with zero attached hydrogens (tertiary/aromatic N) is 6. The van der Waals surface area contributed by atoms with E-state index in [1.54, 1.807) is 17.5 Å². The molecule has 0 unspecified atom stereocenters. The number of aryl methyl sites for hydroxylation is 2. The highest BCUT2D eigenvalue weighted by Gasteiger charge is 2.30. The summed E-state index contributed by atoms with van der Waals surface area (Å²) in [4.78, 5) is 32.9. The summed E-state index contributed by atoms with van der Waals surface area (Å²) in [6, 6.07) is 4.45. The van der Waals surface area contributed by atoms with Gasteiger partial charge in [-0.05, 0) is 43.5 Å². The molecule has 1 aromatic carbocycles. The maximum Gasteiger partial charge on any atom is 0.294 e. The number of oxime groups is 1. The Morgan fingerprint density at radius 2 is 1.95 bits per heavy atom. The SMILES string of the molecule is CCCc1c(C=NO)c(CC)c2c(=O)[nH]c(-c3cc(S(=O)(=O)N4CCN(CCO[N+](=O)[O-])CC4)ccc3OCC)nn12. The number of sulfonamides is 1. The van der Waals surface area contributed by atoms with Gasteiger partial charge in [-0.15, -0.1) is 15.2 Å². The summed E-state index contributed by atoms with van der Waals surface area (Å²) in [5, 5.41) is 26.8. The molecule has 1 saturated heterocycles. The number of hydrogen-bond acceptors (Lipinski definition) is 11. The summed E-state index contributed by atoms with van der Waals surface area (Å²) in [6.45, 7) is 7.38. The molecular weight excluding hydrogens is 570 g/mol. The zero-order valence-electron chi connectivity index (χ0n) is 23.8. The monoisotopic (exact) mass is 605 g/mol. The largest absolute Gasteiger partial charge is 0.493 e. The molecule has 0 aliphatic carbocycles. The Labute approximate surface area is 242 Å². The van der Waals surface area contributed by atoms with Gasteiger partial charge in [0.05, 0.1) is 29.0 Å². The van der Waals surface area contributed by atoms with Gasteiger partial charge in [-0.3, -0.25) is 9.69 Å². The zero-order valence-corrected chi connectivity index (χ0v) is 24.6. The molecule has 2 aromatic heterocycles. The summed E-state index contributed by atoms with van der Waals surface area (Å²) in [7, 11) is -3.93. The molecule has 0 atom stereocenters. The quantitative estimate of drug-likeness (QED) is 0.126. The highest BCUT2D eigenvalue weighted by atomic mass is 32.2. The van der Waals surface area contributed by atoms with Crippen LogP contribution < -0.4 is 10.3 Å². The predicted molar refractivity (Wildman–Crippen MR) is 153 cm³/mol. The van der Waals surface area contributed by atoms with E-state index in [-0.39, 0.29) is 30.4 Å². The highest BCUT2D eigenvalue weighted by Crippen LogP contribution is 2.32. The van der Waals surface area contributed by atoms with Crippen LogP contribution in [0.2, 0.25) is 0 Å². The van der Waals surface area contributed by atoms with E-state index in [4.69, 9.17) is 9.84 Å². The third-order valence-corrected chi connectivity index (χ3v) is 9.04. The van der Waals surface area contributed by atoms with E-state index < -0.39 is 20.7 Å².